The molecule has 1 aromatic carbocycles. The van der Waals surface area contributed by atoms with Crippen molar-refractivity contribution in [2.75, 3.05) is 13.1 Å². The van der Waals surface area contributed by atoms with Gasteiger partial charge in [0.2, 0.25) is 10.0 Å². The fourth-order valence-corrected chi connectivity index (χ4v) is 4.61. The van der Waals surface area contributed by atoms with Crippen molar-refractivity contribution in [3.63, 3.8) is 0 Å². The third kappa shape index (κ3) is 2.65. The molecule has 1 heterocycles. The number of halogens is 2. The van der Waals surface area contributed by atoms with Crippen LogP contribution in [0.3, 0.4) is 0 Å². The molecular weight excluding hydrogens is 295 g/mol. The normalized spacial score (nSPS) is 21.4. The summed E-state index contributed by atoms with van der Waals surface area (Å²) in [6.07, 6.45) is 1.62. The summed E-state index contributed by atoms with van der Waals surface area (Å²) in [6.45, 7) is 0.821. The lowest BCUT2D eigenvalue weighted by molar-refractivity contribution is 0.393. The largest absolute Gasteiger partial charge is 0.329 e. The molecule has 0 spiro atoms. The van der Waals surface area contributed by atoms with Crippen LogP contribution in [0.5, 0.6) is 0 Å². The first-order valence-electron chi connectivity index (χ1n) is 5.63. The highest BCUT2D eigenvalue weighted by Gasteiger charge is 2.34. The van der Waals surface area contributed by atoms with Gasteiger partial charge in [-0.1, -0.05) is 23.2 Å². The molecular formula is C11H14Cl2N2O2S. The number of nitrogens with two attached hydrogens (primary N) is 1. The highest BCUT2D eigenvalue weighted by Crippen LogP contribution is 2.29. The summed E-state index contributed by atoms with van der Waals surface area (Å²) in [5.74, 6) is 0. The molecule has 0 saturated carbocycles. The molecule has 1 aliphatic rings. The molecule has 0 aromatic heterocycles. The Kier molecular flexibility index (Phi) is 4.18. The van der Waals surface area contributed by atoms with Crippen LogP contribution < -0.4 is 5.73 Å². The van der Waals surface area contributed by atoms with Crippen LogP contribution in [0.4, 0.5) is 0 Å². The fraction of sp³-hybridized carbons (Fsp3) is 0.455. The molecule has 1 fully saturated rings. The lowest BCUT2D eigenvalue weighted by atomic mass is 10.2. The number of nitrogens with zero attached hydrogens (tertiary/aromatic N) is 1. The molecule has 100 valence electrons. The van der Waals surface area contributed by atoms with E-state index < -0.39 is 10.0 Å². The third-order valence-corrected chi connectivity index (χ3v) is 5.40. The van der Waals surface area contributed by atoms with Gasteiger partial charge in [0, 0.05) is 29.2 Å². The average Bonchev–Trinajstić information content (AvgIpc) is 2.76. The second-order valence-corrected chi connectivity index (χ2v) is 7.02. The quantitative estimate of drug-likeness (QED) is 0.930. The zero-order chi connectivity index (χ0) is 13.3. The maximum atomic E-state index is 12.5. The third-order valence-electron chi connectivity index (χ3n) is 3.04. The summed E-state index contributed by atoms with van der Waals surface area (Å²) in [4.78, 5) is 0.125. The average molecular weight is 309 g/mol. The molecule has 0 bridgehead atoms. The minimum absolute atomic E-state index is 0.125. The topological polar surface area (TPSA) is 63.4 Å². The number of sulfonamides is 1. The Morgan fingerprint density at radius 2 is 1.89 bits per heavy atom. The Morgan fingerprint density at radius 3 is 2.44 bits per heavy atom. The Balaban J connectivity index is 2.41. The molecule has 2 rings (SSSR count). The maximum absolute atomic E-state index is 12.5. The number of rotatable bonds is 3. The van der Waals surface area contributed by atoms with Crippen LogP contribution in [-0.4, -0.2) is 31.9 Å². The van der Waals surface area contributed by atoms with Crippen LogP contribution in [0.2, 0.25) is 10.0 Å². The number of hydrogen-bond donors (Lipinski definition) is 1. The number of benzene rings is 1. The summed E-state index contributed by atoms with van der Waals surface area (Å²) in [5.41, 5.74) is 5.60. The summed E-state index contributed by atoms with van der Waals surface area (Å²) in [6, 6.07) is 4.20. The standard InChI is InChI=1S/C11H14Cl2N2O2S/c12-8-4-9(13)6-11(5-8)18(16,17)15-3-1-2-10(15)7-14/h4-6,10H,1-3,7,14H2/t10-/m0/s1. The second kappa shape index (κ2) is 5.35. The highest BCUT2D eigenvalue weighted by atomic mass is 35.5. The number of hydrogen-bond acceptors (Lipinski definition) is 3. The first kappa shape index (κ1) is 14.1. The van der Waals surface area contributed by atoms with Gasteiger partial charge < -0.3 is 5.73 Å². The Morgan fingerprint density at radius 1 is 1.28 bits per heavy atom. The van der Waals surface area contributed by atoms with E-state index in [0.29, 0.717) is 23.1 Å². The molecule has 1 aliphatic heterocycles. The summed E-state index contributed by atoms with van der Waals surface area (Å²) in [5, 5.41) is 0.620. The van der Waals surface area contributed by atoms with E-state index in [-0.39, 0.29) is 10.9 Å². The minimum Gasteiger partial charge on any atom is -0.329 e. The Labute approximate surface area is 117 Å². The summed E-state index contributed by atoms with van der Waals surface area (Å²) >= 11 is 11.7. The molecule has 4 nitrogen and oxygen atoms in total. The molecule has 2 N–H and O–H groups in total. The summed E-state index contributed by atoms with van der Waals surface area (Å²) < 4.78 is 26.4. The second-order valence-electron chi connectivity index (χ2n) is 4.25. The van der Waals surface area contributed by atoms with Crippen LogP contribution in [0, 0.1) is 0 Å². The van der Waals surface area contributed by atoms with E-state index in [2.05, 4.69) is 0 Å². The van der Waals surface area contributed by atoms with Crippen molar-refractivity contribution in [3.8, 4) is 0 Å². The van der Waals surface area contributed by atoms with Crippen molar-refractivity contribution in [3.05, 3.63) is 28.2 Å². The molecule has 0 amide bonds. The van der Waals surface area contributed by atoms with E-state index in [9.17, 15) is 8.42 Å². The smallest absolute Gasteiger partial charge is 0.243 e. The summed E-state index contributed by atoms with van der Waals surface area (Å²) in [7, 11) is -3.56. The van der Waals surface area contributed by atoms with Crippen molar-refractivity contribution in [2.24, 2.45) is 5.73 Å². The molecule has 1 atom stereocenters. The van der Waals surface area contributed by atoms with Crippen LogP contribution >= 0.6 is 23.2 Å². The fourth-order valence-electron chi connectivity index (χ4n) is 2.17. The minimum atomic E-state index is -3.56. The first-order chi connectivity index (χ1) is 8.45. The van der Waals surface area contributed by atoms with Gasteiger partial charge >= 0.3 is 0 Å². The Bertz CT molecular complexity index is 528. The van der Waals surface area contributed by atoms with Crippen LogP contribution in [-0.2, 0) is 10.0 Å². The van der Waals surface area contributed by atoms with Crippen LogP contribution in [0.25, 0.3) is 0 Å². The molecule has 0 unspecified atom stereocenters. The van der Waals surface area contributed by atoms with Crippen molar-refractivity contribution >= 4 is 33.2 Å². The van der Waals surface area contributed by atoms with E-state index in [4.69, 9.17) is 28.9 Å². The van der Waals surface area contributed by atoms with Gasteiger partial charge in [0.25, 0.3) is 0 Å². The maximum Gasteiger partial charge on any atom is 0.243 e. The van der Waals surface area contributed by atoms with Gasteiger partial charge in [0.15, 0.2) is 0 Å². The van der Waals surface area contributed by atoms with E-state index in [0.717, 1.165) is 12.8 Å². The predicted molar refractivity (Wildman–Crippen MR) is 72.4 cm³/mol. The van der Waals surface area contributed by atoms with Gasteiger partial charge in [-0.2, -0.15) is 4.31 Å². The monoisotopic (exact) mass is 308 g/mol. The highest BCUT2D eigenvalue weighted by molar-refractivity contribution is 7.89. The zero-order valence-corrected chi connectivity index (χ0v) is 12.0. The van der Waals surface area contributed by atoms with Crippen LogP contribution in [0.1, 0.15) is 12.8 Å². The van der Waals surface area contributed by atoms with Crippen molar-refractivity contribution < 1.29 is 8.42 Å². The van der Waals surface area contributed by atoms with Gasteiger partial charge in [-0.05, 0) is 31.0 Å². The van der Waals surface area contributed by atoms with Gasteiger partial charge in [0.05, 0.1) is 4.90 Å². The molecule has 1 saturated heterocycles. The van der Waals surface area contributed by atoms with Crippen LogP contribution in [0.15, 0.2) is 23.1 Å². The van der Waals surface area contributed by atoms with E-state index in [1.54, 1.807) is 0 Å². The SMILES string of the molecule is NC[C@@H]1CCCN1S(=O)(=O)c1cc(Cl)cc(Cl)c1. The molecule has 7 heteroatoms. The van der Waals surface area contributed by atoms with E-state index in [1.165, 1.54) is 22.5 Å². The zero-order valence-electron chi connectivity index (χ0n) is 9.64. The van der Waals surface area contributed by atoms with E-state index >= 15 is 0 Å². The Hall–Kier alpha value is -0.330. The predicted octanol–water partition coefficient (Wildman–Crippen LogP) is 2.11. The lowest BCUT2D eigenvalue weighted by Crippen LogP contribution is -2.39. The molecule has 1 aromatic rings. The lowest BCUT2D eigenvalue weighted by Gasteiger charge is -2.23. The van der Waals surface area contributed by atoms with Gasteiger partial charge in [-0.3, -0.25) is 0 Å². The van der Waals surface area contributed by atoms with Gasteiger partial charge in [-0.25, -0.2) is 8.42 Å². The van der Waals surface area contributed by atoms with Crippen molar-refractivity contribution in [2.45, 2.75) is 23.8 Å². The molecule has 0 aliphatic carbocycles. The molecule has 18 heavy (non-hydrogen) atoms. The van der Waals surface area contributed by atoms with Gasteiger partial charge in [-0.15, -0.1) is 0 Å². The molecule has 0 radical (unpaired) electrons. The van der Waals surface area contributed by atoms with Crippen molar-refractivity contribution in [1.82, 2.24) is 4.31 Å². The van der Waals surface area contributed by atoms with Gasteiger partial charge in [0.1, 0.15) is 0 Å². The first-order valence-corrected chi connectivity index (χ1v) is 7.83. The van der Waals surface area contributed by atoms with E-state index in [1.807, 2.05) is 0 Å². The van der Waals surface area contributed by atoms with Crippen molar-refractivity contribution in [1.29, 1.82) is 0 Å².